The molecular weight excluding hydrogens is 264 g/mol. The highest BCUT2D eigenvalue weighted by Crippen LogP contribution is 2.23. The number of nitrogens with two attached hydrogens (primary N) is 1. The van der Waals surface area contributed by atoms with Crippen molar-refractivity contribution in [2.75, 3.05) is 25.4 Å². The fourth-order valence-electron chi connectivity index (χ4n) is 1.59. The van der Waals surface area contributed by atoms with Crippen molar-refractivity contribution in [1.29, 1.82) is 0 Å². The third-order valence-electron chi connectivity index (χ3n) is 2.54. The Labute approximate surface area is 104 Å². The summed E-state index contributed by atoms with van der Waals surface area (Å²) in [5, 5.41) is 7.27. The lowest BCUT2D eigenvalue weighted by atomic mass is 10.2. The van der Waals surface area contributed by atoms with Crippen molar-refractivity contribution in [1.82, 2.24) is 14.5 Å². The van der Waals surface area contributed by atoms with Crippen molar-refractivity contribution in [2.24, 2.45) is 0 Å². The van der Waals surface area contributed by atoms with E-state index in [1.54, 1.807) is 0 Å². The second-order valence-corrected chi connectivity index (χ2v) is 6.79. The number of morpholine rings is 1. The molecule has 0 aliphatic carbocycles. The van der Waals surface area contributed by atoms with Crippen LogP contribution in [0.3, 0.4) is 0 Å². The van der Waals surface area contributed by atoms with Crippen molar-refractivity contribution < 1.29 is 13.2 Å². The molecule has 0 amide bonds. The van der Waals surface area contributed by atoms with Crippen LogP contribution in [0.5, 0.6) is 0 Å². The zero-order chi connectivity index (χ0) is 12.5. The number of nitrogen functional groups attached to an aromatic ring is 1. The summed E-state index contributed by atoms with van der Waals surface area (Å²) < 4.78 is 31.1. The summed E-state index contributed by atoms with van der Waals surface area (Å²) in [4.78, 5) is 0. The monoisotopic (exact) mass is 278 g/mol. The van der Waals surface area contributed by atoms with E-state index in [1.807, 2.05) is 6.92 Å². The SMILES string of the molecule is CCC1CN(S(=O)(=O)c2nnc(N)s2)CCO1. The molecule has 1 aromatic rings. The highest BCUT2D eigenvalue weighted by molar-refractivity contribution is 7.91. The first kappa shape index (κ1) is 12.7. The van der Waals surface area contributed by atoms with Gasteiger partial charge in [0.25, 0.3) is 10.0 Å². The van der Waals surface area contributed by atoms with Gasteiger partial charge in [-0.3, -0.25) is 0 Å². The largest absolute Gasteiger partial charge is 0.375 e. The number of hydrogen-bond donors (Lipinski definition) is 1. The van der Waals surface area contributed by atoms with Gasteiger partial charge in [-0.15, -0.1) is 10.2 Å². The van der Waals surface area contributed by atoms with Crippen LogP contribution in [0.25, 0.3) is 0 Å². The number of hydrogen-bond acceptors (Lipinski definition) is 7. The standard InChI is InChI=1S/C8H14N4O3S2/c1-2-6-5-12(3-4-15-6)17(13,14)8-11-10-7(9)16-8/h6H,2-5H2,1H3,(H2,9,10). The molecule has 1 aliphatic rings. The first-order valence-electron chi connectivity index (χ1n) is 5.24. The Kier molecular flexibility index (Phi) is 3.61. The van der Waals surface area contributed by atoms with Crippen LogP contribution in [-0.4, -0.2) is 48.7 Å². The van der Waals surface area contributed by atoms with E-state index < -0.39 is 10.0 Å². The van der Waals surface area contributed by atoms with Gasteiger partial charge < -0.3 is 10.5 Å². The van der Waals surface area contributed by atoms with Gasteiger partial charge in [-0.05, 0) is 6.42 Å². The zero-order valence-corrected chi connectivity index (χ0v) is 11.0. The molecule has 2 rings (SSSR count). The van der Waals surface area contributed by atoms with Gasteiger partial charge in [0.1, 0.15) is 0 Å². The molecule has 1 aromatic heterocycles. The third kappa shape index (κ3) is 2.57. The highest BCUT2D eigenvalue weighted by Gasteiger charge is 2.32. The minimum absolute atomic E-state index is 0.0493. The van der Waals surface area contributed by atoms with Gasteiger partial charge in [0.15, 0.2) is 0 Å². The lowest BCUT2D eigenvalue weighted by molar-refractivity contribution is -0.00279. The number of rotatable bonds is 3. The molecule has 0 bridgehead atoms. The van der Waals surface area contributed by atoms with Gasteiger partial charge in [-0.25, -0.2) is 8.42 Å². The number of sulfonamides is 1. The third-order valence-corrected chi connectivity index (χ3v) is 5.50. The molecular formula is C8H14N4O3S2. The van der Waals surface area contributed by atoms with Gasteiger partial charge in [0.2, 0.25) is 9.47 Å². The van der Waals surface area contributed by atoms with E-state index in [1.165, 1.54) is 4.31 Å². The van der Waals surface area contributed by atoms with Crippen molar-refractivity contribution >= 4 is 26.5 Å². The van der Waals surface area contributed by atoms with Crippen LogP contribution < -0.4 is 5.73 Å². The van der Waals surface area contributed by atoms with Gasteiger partial charge >= 0.3 is 0 Å². The number of aromatic nitrogens is 2. The van der Waals surface area contributed by atoms with Crippen LogP contribution >= 0.6 is 11.3 Å². The van der Waals surface area contributed by atoms with Crippen LogP contribution in [0.1, 0.15) is 13.3 Å². The van der Waals surface area contributed by atoms with Crippen molar-refractivity contribution in [3.8, 4) is 0 Å². The lowest BCUT2D eigenvalue weighted by Crippen LogP contribution is -2.45. The molecule has 1 saturated heterocycles. The van der Waals surface area contributed by atoms with Crippen molar-refractivity contribution in [3.63, 3.8) is 0 Å². The fourth-order valence-corrected chi connectivity index (χ4v) is 3.97. The average Bonchev–Trinajstić information content (AvgIpc) is 2.76. The Morgan fingerprint density at radius 3 is 2.94 bits per heavy atom. The normalized spacial score (nSPS) is 22.8. The molecule has 1 unspecified atom stereocenters. The van der Waals surface area contributed by atoms with Gasteiger partial charge in [-0.2, -0.15) is 4.31 Å². The molecule has 9 heteroatoms. The predicted molar refractivity (Wildman–Crippen MR) is 63.1 cm³/mol. The molecule has 0 spiro atoms. The van der Waals surface area contributed by atoms with Gasteiger partial charge in [0, 0.05) is 13.1 Å². The highest BCUT2D eigenvalue weighted by atomic mass is 32.2. The summed E-state index contributed by atoms with van der Waals surface area (Å²) in [6.45, 7) is 3.08. The molecule has 96 valence electrons. The Morgan fingerprint density at radius 1 is 1.59 bits per heavy atom. The van der Waals surface area contributed by atoms with Crippen LogP contribution in [-0.2, 0) is 14.8 Å². The summed E-state index contributed by atoms with van der Waals surface area (Å²) in [6, 6.07) is 0. The van der Waals surface area contributed by atoms with E-state index in [2.05, 4.69) is 10.2 Å². The maximum absolute atomic E-state index is 12.2. The first-order chi connectivity index (χ1) is 8.04. The smallest absolute Gasteiger partial charge is 0.272 e. The van der Waals surface area contributed by atoms with Crippen LogP contribution in [0.15, 0.2) is 4.34 Å². The summed E-state index contributed by atoms with van der Waals surface area (Å²) >= 11 is 0.882. The van der Waals surface area contributed by atoms with E-state index in [-0.39, 0.29) is 15.6 Å². The summed E-state index contributed by atoms with van der Waals surface area (Å²) in [5.74, 6) is 0. The molecule has 7 nitrogen and oxygen atoms in total. The lowest BCUT2D eigenvalue weighted by Gasteiger charge is -2.30. The molecule has 1 fully saturated rings. The van der Waals surface area contributed by atoms with Crippen molar-refractivity contribution in [2.45, 2.75) is 23.8 Å². The van der Waals surface area contributed by atoms with E-state index in [0.717, 1.165) is 17.8 Å². The van der Waals surface area contributed by atoms with Crippen molar-refractivity contribution in [3.05, 3.63) is 0 Å². The first-order valence-corrected chi connectivity index (χ1v) is 7.50. The average molecular weight is 278 g/mol. The predicted octanol–water partition coefficient (Wildman–Crippen LogP) is -0.0802. The minimum atomic E-state index is -3.57. The minimum Gasteiger partial charge on any atom is -0.375 e. The molecule has 2 N–H and O–H groups in total. The summed E-state index contributed by atoms with van der Waals surface area (Å²) in [6.07, 6.45) is 0.730. The van der Waals surface area contributed by atoms with E-state index in [9.17, 15) is 8.42 Å². The summed E-state index contributed by atoms with van der Waals surface area (Å²) in [7, 11) is -3.57. The Hall–Kier alpha value is -0.770. The molecule has 0 radical (unpaired) electrons. The van der Waals surface area contributed by atoms with Gasteiger partial charge in [-0.1, -0.05) is 18.3 Å². The topological polar surface area (TPSA) is 98.4 Å². The molecule has 0 saturated carbocycles. The Bertz CT molecular complexity index is 487. The number of ether oxygens (including phenoxy) is 1. The second kappa shape index (κ2) is 4.84. The maximum Gasteiger partial charge on any atom is 0.272 e. The Balaban J connectivity index is 2.21. The van der Waals surface area contributed by atoms with Crippen LogP contribution in [0.4, 0.5) is 5.13 Å². The van der Waals surface area contributed by atoms with Crippen LogP contribution in [0, 0.1) is 0 Å². The Morgan fingerprint density at radius 2 is 2.35 bits per heavy atom. The van der Waals surface area contributed by atoms with E-state index in [4.69, 9.17) is 10.5 Å². The summed E-state index contributed by atoms with van der Waals surface area (Å²) in [5.41, 5.74) is 5.40. The zero-order valence-electron chi connectivity index (χ0n) is 9.37. The maximum atomic E-state index is 12.2. The van der Waals surface area contributed by atoms with Crippen LogP contribution in [0.2, 0.25) is 0 Å². The fraction of sp³-hybridized carbons (Fsp3) is 0.750. The molecule has 2 heterocycles. The molecule has 0 aromatic carbocycles. The molecule has 1 atom stereocenters. The second-order valence-electron chi connectivity index (χ2n) is 3.67. The van der Waals surface area contributed by atoms with Gasteiger partial charge in [0.05, 0.1) is 12.7 Å². The quantitative estimate of drug-likeness (QED) is 0.830. The molecule has 17 heavy (non-hydrogen) atoms. The number of anilines is 1. The van der Waals surface area contributed by atoms with E-state index >= 15 is 0 Å². The number of nitrogens with zero attached hydrogens (tertiary/aromatic N) is 3. The molecule has 1 aliphatic heterocycles. The van der Waals surface area contributed by atoms with E-state index in [0.29, 0.717) is 19.7 Å².